The van der Waals surface area contributed by atoms with Crippen molar-refractivity contribution in [2.45, 2.75) is 26.3 Å². The summed E-state index contributed by atoms with van der Waals surface area (Å²) >= 11 is 6.03. The van der Waals surface area contributed by atoms with Gasteiger partial charge in [-0.2, -0.15) is 0 Å². The van der Waals surface area contributed by atoms with Crippen LogP contribution in [0, 0.1) is 5.92 Å². The summed E-state index contributed by atoms with van der Waals surface area (Å²) in [5.41, 5.74) is 12.5. The van der Waals surface area contributed by atoms with E-state index in [0.29, 0.717) is 16.5 Å². The van der Waals surface area contributed by atoms with Crippen LogP contribution in [-0.2, 0) is 0 Å². The van der Waals surface area contributed by atoms with Gasteiger partial charge < -0.3 is 16.4 Å². The van der Waals surface area contributed by atoms with Gasteiger partial charge in [0.25, 0.3) is 5.91 Å². The first-order valence-corrected chi connectivity index (χ1v) is 6.77. The van der Waals surface area contributed by atoms with Crippen LogP contribution in [0.2, 0.25) is 5.02 Å². The van der Waals surface area contributed by atoms with Gasteiger partial charge in [0.1, 0.15) is 0 Å². The zero-order valence-corrected chi connectivity index (χ0v) is 12.4. The van der Waals surface area contributed by atoms with Gasteiger partial charge >= 0.3 is 0 Å². The molecule has 0 fully saturated rings. The number of primary amides is 1. The highest BCUT2D eigenvalue weighted by Crippen LogP contribution is 2.26. The number of halogens is 1. The molecule has 1 atom stereocenters. The first-order valence-electron chi connectivity index (χ1n) is 6.39. The molecule has 0 aliphatic heterocycles. The van der Waals surface area contributed by atoms with E-state index in [0.717, 1.165) is 18.7 Å². The predicted octanol–water partition coefficient (Wildman–Crippen LogP) is 2.25. The Labute approximate surface area is 119 Å². The maximum atomic E-state index is 11.5. The normalized spacial score (nSPS) is 12.5. The highest BCUT2D eigenvalue weighted by Gasteiger charge is 2.16. The van der Waals surface area contributed by atoms with Crippen molar-refractivity contribution in [3.05, 3.63) is 28.8 Å². The molecule has 0 saturated carbocycles. The molecule has 0 radical (unpaired) electrons. The molecular weight excluding hydrogens is 262 g/mol. The lowest BCUT2D eigenvalue weighted by molar-refractivity contribution is 0.100. The maximum Gasteiger partial charge on any atom is 0.252 e. The van der Waals surface area contributed by atoms with Gasteiger partial charge in [-0.15, -0.1) is 0 Å². The van der Waals surface area contributed by atoms with Crippen LogP contribution in [0.4, 0.5) is 5.69 Å². The van der Waals surface area contributed by atoms with Crippen molar-refractivity contribution in [3.63, 3.8) is 0 Å². The fraction of sp³-hybridized carbons (Fsp3) is 0.500. The van der Waals surface area contributed by atoms with Crippen LogP contribution in [0.15, 0.2) is 18.2 Å². The molecule has 19 heavy (non-hydrogen) atoms. The van der Waals surface area contributed by atoms with Crippen molar-refractivity contribution in [2.24, 2.45) is 17.4 Å². The third-order valence-corrected chi connectivity index (χ3v) is 3.62. The standard InChI is InChI=1S/C14H22ClN3O/c1-9(2)11(16)7-8-18(3)12-6-4-5-10(15)13(12)14(17)19/h4-6,9,11H,7-8,16H2,1-3H3,(H2,17,19). The van der Waals surface area contributed by atoms with E-state index in [9.17, 15) is 4.79 Å². The minimum atomic E-state index is -0.513. The molecule has 106 valence electrons. The SMILES string of the molecule is CC(C)C(N)CCN(C)c1cccc(Cl)c1C(N)=O. The highest BCUT2D eigenvalue weighted by atomic mass is 35.5. The number of anilines is 1. The van der Waals surface area contributed by atoms with Crippen LogP contribution >= 0.6 is 11.6 Å². The van der Waals surface area contributed by atoms with Crippen molar-refractivity contribution < 1.29 is 4.79 Å². The van der Waals surface area contributed by atoms with Gasteiger partial charge in [-0.05, 0) is 24.5 Å². The number of carbonyl (C=O) groups is 1. The Bertz CT molecular complexity index is 448. The summed E-state index contributed by atoms with van der Waals surface area (Å²) in [6, 6.07) is 5.45. The van der Waals surface area contributed by atoms with Gasteiger partial charge in [-0.1, -0.05) is 31.5 Å². The van der Waals surface area contributed by atoms with E-state index in [-0.39, 0.29) is 6.04 Å². The smallest absolute Gasteiger partial charge is 0.252 e. The number of hydrogen-bond donors (Lipinski definition) is 2. The van der Waals surface area contributed by atoms with Crippen LogP contribution in [0.3, 0.4) is 0 Å². The first-order chi connectivity index (χ1) is 8.84. The van der Waals surface area contributed by atoms with E-state index in [1.54, 1.807) is 6.07 Å². The third-order valence-electron chi connectivity index (χ3n) is 3.30. The lowest BCUT2D eigenvalue weighted by Gasteiger charge is -2.24. The fourth-order valence-electron chi connectivity index (χ4n) is 1.87. The Hall–Kier alpha value is -1.26. The molecule has 0 aliphatic carbocycles. The zero-order valence-electron chi connectivity index (χ0n) is 11.7. The molecule has 1 unspecified atom stereocenters. The molecule has 0 bridgehead atoms. The predicted molar refractivity (Wildman–Crippen MR) is 80.7 cm³/mol. The second kappa shape index (κ2) is 6.78. The number of amides is 1. The lowest BCUT2D eigenvalue weighted by Crippen LogP contribution is -2.32. The molecule has 0 heterocycles. The summed E-state index contributed by atoms with van der Waals surface area (Å²) in [7, 11) is 1.91. The van der Waals surface area contributed by atoms with E-state index >= 15 is 0 Å². The van der Waals surface area contributed by atoms with Gasteiger partial charge in [0.2, 0.25) is 0 Å². The lowest BCUT2D eigenvalue weighted by atomic mass is 10.0. The molecule has 1 rings (SSSR count). The molecule has 1 aromatic rings. The molecule has 5 heteroatoms. The Kier molecular flexibility index (Phi) is 5.63. The summed E-state index contributed by atoms with van der Waals surface area (Å²) in [6.45, 7) is 4.94. The summed E-state index contributed by atoms with van der Waals surface area (Å²) in [6.07, 6.45) is 0.846. The third kappa shape index (κ3) is 4.11. The largest absolute Gasteiger partial charge is 0.374 e. The second-order valence-electron chi connectivity index (χ2n) is 5.12. The van der Waals surface area contributed by atoms with Crippen molar-refractivity contribution in [2.75, 3.05) is 18.5 Å². The molecule has 0 aromatic heterocycles. The fourth-order valence-corrected chi connectivity index (χ4v) is 2.13. The summed E-state index contributed by atoms with van der Waals surface area (Å²) in [5, 5.41) is 0.380. The van der Waals surface area contributed by atoms with E-state index < -0.39 is 5.91 Å². The number of benzene rings is 1. The summed E-state index contributed by atoms with van der Waals surface area (Å²) < 4.78 is 0. The summed E-state index contributed by atoms with van der Waals surface area (Å²) in [5.74, 6) is -0.0796. The Morgan fingerprint density at radius 3 is 2.58 bits per heavy atom. The van der Waals surface area contributed by atoms with Crippen LogP contribution in [0.25, 0.3) is 0 Å². The minimum Gasteiger partial charge on any atom is -0.374 e. The zero-order chi connectivity index (χ0) is 14.6. The number of hydrogen-bond acceptors (Lipinski definition) is 3. The van der Waals surface area contributed by atoms with E-state index in [1.165, 1.54) is 0 Å². The van der Waals surface area contributed by atoms with E-state index in [2.05, 4.69) is 13.8 Å². The van der Waals surface area contributed by atoms with Gasteiger partial charge in [0.05, 0.1) is 16.3 Å². The molecule has 0 spiro atoms. The number of nitrogens with zero attached hydrogens (tertiary/aromatic N) is 1. The highest BCUT2D eigenvalue weighted by molar-refractivity contribution is 6.34. The molecule has 1 aromatic carbocycles. The molecule has 4 N–H and O–H groups in total. The van der Waals surface area contributed by atoms with Gasteiger partial charge in [-0.3, -0.25) is 4.79 Å². The van der Waals surface area contributed by atoms with Crippen LogP contribution in [-0.4, -0.2) is 25.5 Å². The number of nitrogens with two attached hydrogens (primary N) is 2. The molecule has 1 amide bonds. The van der Waals surface area contributed by atoms with Crippen LogP contribution in [0.1, 0.15) is 30.6 Å². The van der Waals surface area contributed by atoms with Gasteiger partial charge in [0.15, 0.2) is 0 Å². The monoisotopic (exact) mass is 283 g/mol. The van der Waals surface area contributed by atoms with E-state index in [4.69, 9.17) is 23.1 Å². The average molecular weight is 284 g/mol. The molecular formula is C14H22ClN3O. The summed E-state index contributed by atoms with van der Waals surface area (Å²) in [4.78, 5) is 13.4. The van der Waals surface area contributed by atoms with Crippen LogP contribution < -0.4 is 16.4 Å². The first kappa shape index (κ1) is 15.8. The topological polar surface area (TPSA) is 72.3 Å². The van der Waals surface area contributed by atoms with Crippen LogP contribution in [0.5, 0.6) is 0 Å². The quantitative estimate of drug-likeness (QED) is 0.841. The maximum absolute atomic E-state index is 11.5. The van der Waals surface area contributed by atoms with Crippen molar-refractivity contribution in [3.8, 4) is 0 Å². The Morgan fingerprint density at radius 2 is 2.05 bits per heavy atom. The van der Waals surface area contributed by atoms with Crippen molar-refractivity contribution in [1.82, 2.24) is 0 Å². The number of carbonyl (C=O) groups excluding carboxylic acids is 1. The second-order valence-corrected chi connectivity index (χ2v) is 5.52. The number of rotatable bonds is 6. The minimum absolute atomic E-state index is 0.138. The average Bonchev–Trinajstić information content (AvgIpc) is 2.34. The van der Waals surface area contributed by atoms with Gasteiger partial charge in [0, 0.05) is 19.6 Å². The van der Waals surface area contributed by atoms with Crippen molar-refractivity contribution in [1.29, 1.82) is 0 Å². The van der Waals surface area contributed by atoms with E-state index in [1.807, 2.05) is 24.1 Å². The van der Waals surface area contributed by atoms with Gasteiger partial charge in [-0.25, -0.2) is 0 Å². The van der Waals surface area contributed by atoms with Crippen molar-refractivity contribution >= 4 is 23.2 Å². The molecule has 0 saturated heterocycles. The molecule has 0 aliphatic rings. The Balaban J connectivity index is 2.85. The Morgan fingerprint density at radius 1 is 1.42 bits per heavy atom. The molecule has 4 nitrogen and oxygen atoms in total.